The van der Waals surface area contributed by atoms with Crippen molar-refractivity contribution in [3.8, 4) is 5.75 Å². The SMILES string of the molecule is C[C@]12C[C@H](CCl)[C@@H]3c4ccc(O)cc4CC[C@H]3[C@@H]1CCC2=O. The lowest BCUT2D eigenvalue weighted by Crippen LogP contribution is -2.47. The normalized spacial score (nSPS) is 40.0. The Morgan fingerprint density at radius 3 is 2.91 bits per heavy atom. The van der Waals surface area contributed by atoms with Crippen molar-refractivity contribution < 1.29 is 9.90 Å². The molecule has 2 saturated carbocycles. The molecule has 0 bridgehead atoms. The van der Waals surface area contributed by atoms with Crippen molar-refractivity contribution in [2.45, 2.75) is 44.9 Å². The maximum absolute atomic E-state index is 12.5. The molecule has 0 radical (unpaired) electrons. The van der Waals surface area contributed by atoms with Crippen LogP contribution in [0.1, 0.15) is 49.7 Å². The first-order chi connectivity index (χ1) is 10.5. The van der Waals surface area contributed by atoms with E-state index in [1.807, 2.05) is 6.07 Å². The molecule has 0 unspecified atom stereocenters. The second-order valence-corrected chi connectivity index (χ2v) is 8.02. The highest BCUT2D eigenvalue weighted by atomic mass is 35.5. The van der Waals surface area contributed by atoms with Crippen molar-refractivity contribution in [2.24, 2.45) is 23.2 Å². The van der Waals surface area contributed by atoms with Crippen LogP contribution in [-0.2, 0) is 11.2 Å². The summed E-state index contributed by atoms with van der Waals surface area (Å²) in [5.74, 6) is 3.37. The van der Waals surface area contributed by atoms with Gasteiger partial charge in [0.15, 0.2) is 0 Å². The molecule has 0 spiro atoms. The predicted molar refractivity (Wildman–Crippen MR) is 87.3 cm³/mol. The molecule has 22 heavy (non-hydrogen) atoms. The van der Waals surface area contributed by atoms with Crippen LogP contribution in [0.15, 0.2) is 18.2 Å². The summed E-state index contributed by atoms with van der Waals surface area (Å²) in [4.78, 5) is 12.5. The fraction of sp³-hybridized carbons (Fsp3) is 0.632. The standard InChI is InChI=1S/C19H23ClO2/c1-19-9-12(10-20)18-14-5-3-13(21)8-11(14)2-4-15(18)16(19)6-7-17(19)22/h3,5,8,12,15-16,18,21H,2,4,6-7,9-10H2,1H3/t12-,15+,16+,18-,19+/m1/s1. The number of rotatable bonds is 1. The number of aryl methyl sites for hydroxylation is 1. The minimum absolute atomic E-state index is 0.144. The monoisotopic (exact) mass is 318 g/mol. The van der Waals surface area contributed by atoms with Crippen LogP contribution in [0, 0.1) is 23.2 Å². The van der Waals surface area contributed by atoms with Gasteiger partial charge in [0.05, 0.1) is 0 Å². The zero-order valence-electron chi connectivity index (χ0n) is 13.0. The molecule has 0 aliphatic heterocycles. The number of Topliss-reactive ketones (excluding diaryl/α,β-unsaturated/α-hetero) is 1. The van der Waals surface area contributed by atoms with Crippen molar-refractivity contribution in [3.63, 3.8) is 0 Å². The van der Waals surface area contributed by atoms with Gasteiger partial charge in [-0.3, -0.25) is 4.79 Å². The van der Waals surface area contributed by atoms with Crippen LogP contribution >= 0.6 is 11.6 Å². The third-order valence-corrected chi connectivity index (χ3v) is 7.14. The number of halogens is 1. The zero-order chi connectivity index (χ0) is 15.5. The first kappa shape index (κ1) is 14.6. The summed E-state index contributed by atoms with van der Waals surface area (Å²) in [5.41, 5.74) is 2.51. The maximum atomic E-state index is 12.5. The fourth-order valence-corrected chi connectivity index (χ4v) is 6.09. The number of phenols is 1. The molecule has 0 saturated heterocycles. The quantitative estimate of drug-likeness (QED) is 0.785. The predicted octanol–water partition coefficient (Wildman–Crippen LogP) is 4.28. The van der Waals surface area contributed by atoms with E-state index in [0.29, 0.717) is 41.1 Å². The van der Waals surface area contributed by atoms with Crippen molar-refractivity contribution >= 4 is 17.4 Å². The van der Waals surface area contributed by atoms with Gasteiger partial charge in [0.1, 0.15) is 11.5 Å². The van der Waals surface area contributed by atoms with Gasteiger partial charge in [-0.05, 0) is 72.6 Å². The van der Waals surface area contributed by atoms with Crippen molar-refractivity contribution in [1.29, 1.82) is 0 Å². The number of hydrogen-bond acceptors (Lipinski definition) is 2. The number of hydrogen-bond donors (Lipinski definition) is 1. The smallest absolute Gasteiger partial charge is 0.139 e. The van der Waals surface area contributed by atoms with Gasteiger partial charge < -0.3 is 5.11 Å². The van der Waals surface area contributed by atoms with E-state index in [2.05, 4.69) is 13.0 Å². The zero-order valence-corrected chi connectivity index (χ0v) is 13.8. The van der Waals surface area contributed by atoms with Crippen LogP contribution in [0.25, 0.3) is 0 Å². The Balaban J connectivity index is 1.79. The molecular weight excluding hydrogens is 296 g/mol. The van der Waals surface area contributed by atoms with Crippen LogP contribution in [0.2, 0.25) is 0 Å². The Labute approximate surface area is 136 Å². The van der Waals surface area contributed by atoms with Gasteiger partial charge in [-0.2, -0.15) is 0 Å². The van der Waals surface area contributed by atoms with E-state index in [-0.39, 0.29) is 5.41 Å². The second-order valence-electron chi connectivity index (χ2n) is 7.72. The van der Waals surface area contributed by atoms with Gasteiger partial charge in [-0.15, -0.1) is 11.6 Å². The first-order valence-electron chi connectivity index (χ1n) is 8.45. The molecule has 2 fully saturated rings. The first-order valence-corrected chi connectivity index (χ1v) is 8.99. The number of fused-ring (bicyclic) bond motifs is 5. The Morgan fingerprint density at radius 2 is 2.14 bits per heavy atom. The summed E-state index contributed by atoms with van der Waals surface area (Å²) in [6, 6.07) is 5.82. The highest BCUT2D eigenvalue weighted by Crippen LogP contribution is 2.61. The molecular formula is C19H23ClO2. The van der Waals surface area contributed by atoms with Gasteiger partial charge in [0.2, 0.25) is 0 Å². The molecule has 1 N–H and O–H groups in total. The van der Waals surface area contributed by atoms with Crippen LogP contribution in [0.4, 0.5) is 0 Å². The molecule has 0 aromatic heterocycles. The molecule has 3 heteroatoms. The minimum atomic E-state index is -0.144. The minimum Gasteiger partial charge on any atom is -0.508 e. The van der Waals surface area contributed by atoms with Crippen LogP contribution in [0.5, 0.6) is 5.75 Å². The van der Waals surface area contributed by atoms with Gasteiger partial charge in [-0.25, -0.2) is 0 Å². The van der Waals surface area contributed by atoms with Gasteiger partial charge in [0, 0.05) is 17.7 Å². The molecule has 118 valence electrons. The Kier molecular flexibility index (Phi) is 3.30. The topological polar surface area (TPSA) is 37.3 Å². The summed E-state index contributed by atoms with van der Waals surface area (Å²) >= 11 is 6.34. The largest absolute Gasteiger partial charge is 0.508 e. The van der Waals surface area contributed by atoms with E-state index in [0.717, 1.165) is 32.1 Å². The summed E-state index contributed by atoms with van der Waals surface area (Å²) in [6.45, 7) is 2.19. The van der Waals surface area contributed by atoms with Gasteiger partial charge in [0.25, 0.3) is 0 Å². The van der Waals surface area contributed by atoms with E-state index in [1.54, 1.807) is 6.07 Å². The summed E-state index contributed by atoms with van der Waals surface area (Å²) < 4.78 is 0. The summed E-state index contributed by atoms with van der Waals surface area (Å²) in [5, 5.41) is 9.76. The Morgan fingerprint density at radius 1 is 1.32 bits per heavy atom. The number of benzene rings is 1. The number of alkyl halides is 1. The molecule has 1 aromatic rings. The molecule has 2 nitrogen and oxygen atoms in total. The Bertz CT molecular complexity index is 626. The highest BCUT2D eigenvalue weighted by molar-refractivity contribution is 6.18. The maximum Gasteiger partial charge on any atom is 0.139 e. The van der Waals surface area contributed by atoms with Crippen LogP contribution < -0.4 is 0 Å². The van der Waals surface area contributed by atoms with E-state index in [4.69, 9.17) is 11.6 Å². The van der Waals surface area contributed by atoms with E-state index in [9.17, 15) is 9.90 Å². The Hall–Kier alpha value is -1.02. The van der Waals surface area contributed by atoms with Gasteiger partial charge >= 0.3 is 0 Å². The lowest BCUT2D eigenvalue weighted by molar-refractivity contribution is -0.130. The number of phenolic OH excluding ortho intramolecular Hbond substituents is 1. The number of aromatic hydroxyl groups is 1. The summed E-state index contributed by atoms with van der Waals surface area (Å²) in [7, 11) is 0. The van der Waals surface area contributed by atoms with Crippen molar-refractivity contribution in [1.82, 2.24) is 0 Å². The average molecular weight is 319 g/mol. The molecule has 0 amide bonds. The number of carbonyl (C=O) groups excluding carboxylic acids is 1. The lowest BCUT2D eigenvalue weighted by atomic mass is 9.52. The molecule has 1 aromatic carbocycles. The molecule has 5 atom stereocenters. The average Bonchev–Trinajstić information content (AvgIpc) is 2.81. The second kappa shape index (κ2) is 4.99. The van der Waals surface area contributed by atoms with Crippen molar-refractivity contribution in [3.05, 3.63) is 29.3 Å². The van der Waals surface area contributed by atoms with E-state index < -0.39 is 0 Å². The molecule has 0 heterocycles. The molecule has 4 rings (SSSR count). The number of carbonyl (C=O) groups is 1. The third kappa shape index (κ3) is 1.89. The van der Waals surface area contributed by atoms with E-state index in [1.165, 1.54) is 11.1 Å². The summed E-state index contributed by atoms with van der Waals surface area (Å²) in [6.07, 6.45) is 4.88. The lowest BCUT2D eigenvalue weighted by Gasteiger charge is -2.52. The fourth-order valence-electron chi connectivity index (χ4n) is 5.79. The molecule has 3 aliphatic carbocycles. The molecule has 3 aliphatic rings. The van der Waals surface area contributed by atoms with Gasteiger partial charge in [-0.1, -0.05) is 13.0 Å². The van der Waals surface area contributed by atoms with Crippen LogP contribution in [0.3, 0.4) is 0 Å². The third-order valence-electron chi connectivity index (χ3n) is 6.74. The highest BCUT2D eigenvalue weighted by Gasteiger charge is 2.57. The van der Waals surface area contributed by atoms with Crippen LogP contribution in [-0.4, -0.2) is 16.8 Å². The van der Waals surface area contributed by atoms with E-state index >= 15 is 0 Å². The number of ketones is 1. The van der Waals surface area contributed by atoms with Crippen molar-refractivity contribution in [2.75, 3.05) is 5.88 Å².